The van der Waals surface area contributed by atoms with Crippen LogP contribution in [0.4, 0.5) is 0 Å². The van der Waals surface area contributed by atoms with Crippen LogP contribution >= 0.6 is 0 Å². The minimum absolute atomic E-state index is 0.167. The van der Waals surface area contributed by atoms with E-state index in [9.17, 15) is 0 Å². The average molecular weight is 2140 g/mol. The number of rotatable bonds is 23. The van der Waals surface area contributed by atoms with E-state index < -0.39 is 82.7 Å². The van der Waals surface area contributed by atoms with E-state index in [1.54, 1.807) is 0 Å². The average Bonchev–Trinajstić information content (AvgIpc) is 1.58. The van der Waals surface area contributed by atoms with Crippen LogP contribution in [-0.4, -0.2) is 82.7 Å². The zero-order valence-corrected chi connectivity index (χ0v) is 110. The van der Waals surface area contributed by atoms with Gasteiger partial charge in [0.25, 0.3) is 16.6 Å². The van der Waals surface area contributed by atoms with Crippen molar-refractivity contribution in [3.8, 4) is 46.0 Å². The third kappa shape index (κ3) is 25.7. The molecule has 8 aromatic rings. The first-order chi connectivity index (χ1) is 66.7. The molecule has 0 radical (unpaired) electrons. The van der Waals surface area contributed by atoms with Gasteiger partial charge in [-0.2, -0.15) is 0 Å². The molecular weight excluding hydrogens is 1950 g/mol. The van der Waals surface area contributed by atoms with Crippen LogP contribution in [0.15, 0.2) is 193 Å². The summed E-state index contributed by atoms with van der Waals surface area (Å²) in [5.41, 5.74) is 30.1. The van der Waals surface area contributed by atoms with Crippen LogP contribution in [-0.2, 0) is 25.7 Å². The van der Waals surface area contributed by atoms with Gasteiger partial charge in [0.05, 0.1) is 16.1 Å². The van der Waals surface area contributed by atoms with Gasteiger partial charge >= 0.3 is 0 Å². The standard InChI is InChI=1S/C34H52O2Si3.C32H48O2Si3.C32H46O2Si2.2C15H22OSi/c1-23-21-27-25(17-15-19-29(27)35-38(11,12)33(3,4)5)31(23)37(9,10)32-24(2)22-28-26(32)18-16-20-30(28)36-39(13,14)34(6,7)8;1-31(2,3)36(9,10)33-25-15-17-27-23(21-25)13-19-29(27)35(7,8)30-20-14-24-22-26(16-18-28(24)30)34-37(11,12)32(4,5)6;1-31(2,3)35(7,8)33-27-17-19-29-23(13-15-25(29)21-27)11-12-24-14-16-26-22-28(18-20-30(24)26)34-36(9,10)32(4,5)6;2*1-15(2,3)17(4,5)16-14-10-9-12-7-6-8-13(12)11-14/h15-22,31-32H,1-14H3;13-22,29-30H,1-12H3;13-14,17-22H,11-12,15-16H2,1-10H3;2*6-7,9-11H,8H2,1-5H3. The highest BCUT2D eigenvalue weighted by Gasteiger charge is 2.52. The van der Waals surface area contributed by atoms with Gasteiger partial charge < -0.3 is 35.4 Å². The second-order valence-corrected chi connectivity index (χ2v) is 104. The highest BCUT2D eigenvalue weighted by atomic mass is 28.4. The molecule has 790 valence electrons. The lowest BCUT2D eigenvalue weighted by Gasteiger charge is -2.40. The maximum Gasteiger partial charge on any atom is 0.250 e. The number of hydrogen-bond acceptors (Lipinski definition) is 8. The third-order valence-electron chi connectivity index (χ3n) is 36.9. The monoisotopic (exact) mass is 2140 g/mol. The molecular formula is C128H190O8Si10. The topological polar surface area (TPSA) is 73.8 Å². The van der Waals surface area contributed by atoms with Gasteiger partial charge in [-0.1, -0.05) is 337 Å². The molecule has 0 spiro atoms. The van der Waals surface area contributed by atoms with Crippen molar-refractivity contribution < 1.29 is 35.4 Å². The maximum atomic E-state index is 6.90. The first kappa shape index (κ1) is 117. The molecule has 0 aromatic heterocycles. The molecule has 0 heterocycles. The van der Waals surface area contributed by atoms with Gasteiger partial charge in [-0.3, -0.25) is 0 Å². The Hall–Kier alpha value is -7.75. The molecule has 4 atom stereocenters. The van der Waals surface area contributed by atoms with Crippen molar-refractivity contribution in [2.24, 2.45) is 0 Å². The van der Waals surface area contributed by atoms with Crippen LogP contribution in [0.2, 0.25) is 171 Å². The smallest absolute Gasteiger partial charge is 0.250 e. The number of benzene rings is 8. The SMILES string of the molecule is CC(C)(C)[Si](C)(C)Oc1ccc2c(c1)C=CC2[Si](C)(C)C1C=Cc2cc(O[Si](C)(C)C(C)(C)C)ccc21.CC(C)(C)[Si](C)(C)Oc1ccc2c(c1)CC=C2.CC(C)(C)[Si](C)(C)Oc1ccc2c(c1)CC=C2.CC(C)(C)[Si](C)(C)Oc1ccc2c(c1)CC=C2CCC1=CCc2cc(O[Si](C)(C)C(C)(C)C)ccc21.CC1=Cc2c(O[Si](C)(C)C(C)(C)C)cccc2C1[Si](C)(C)C1C(C)=Cc2c(O[Si](C)(C)C(C)(C)C)cccc21. The van der Waals surface area contributed by atoms with Gasteiger partial charge in [-0.05, 0) is 382 Å². The van der Waals surface area contributed by atoms with Crippen molar-refractivity contribution in [1.29, 1.82) is 0 Å². The molecule has 8 aliphatic rings. The Labute approximate surface area is 898 Å². The quantitative estimate of drug-likeness (QED) is 0.0587. The Bertz CT molecular complexity index is 6010. The summed E-state index contributed by atoms with van der Waals surface area (Å²) in [6.07, 6.45) is 34.4. The first-order valence-electron chi connectivity index (χ1n) is 54.7. The van der Waals surface area contributed by atoms with Crippen LogP contribution in [0.3, 0.4) is 0 Å². The van der Waals surface area contributed by atoms with Crippen molar-refractivity contribution >= 4 is 130 Å². The fourth-order valence-corrected chi connectivity index (χ4v) is 36.2. The van der Waals surface area contributed by atoms with Gasteiger partial charge in [0.1, 0.15) is 46.0 Å². The van der Waals surface area contributed by atoms with Crippen LogP contribution in [0.25, 0.3) is 47.6 Å². The van der Waals surface area contributed by atoms with E-state index in [4.69, 9.17) is 35.4 Å². The third-order valence-corrected chi connectivity index (χ3v) is 80.4. The molecule has 0 aliphatic heterocycles. The van der Waals surface area contributed by atoms with Crippen LogP contribution in [0.5, 0.6) is 46.0 Å². The zero-order chi connectivity index (χ0) is 109. The summed E-state index contributed by atoms with van der Waals surface area (Å²) >= 11 is 0. The van der Waals surface area contributed by atoms with Crippen LogP contribution in [0, 0.1) is 0 Å². The highest BCUT2D eigenvalue weighted by molar-refractivity contribution is 6.83. The summed E-state index contributed by atoms with van der Waals surface area (Å²) in [6.45, 7) is 107. The Balaban J connectivity index is 0.000000168. The molecule has 0 saturated carbocycles. The number of allylic oxidation sites excluding steroid dienone is 10. The lowest BCUT2D eigenvalue weighted by molar-refractivity contribution is 0.491. The van der Waals surface area contributed by atoms with E-state index in [-0.39, 0.29) is 40.3 Å². The van der Waals surface area contributed by atoms with Gasteiger partial charge in [0.15, 0.2) is 0 Å². The summed E-state index contributed by atoms with van der Waals surface area (Å²) < 4.78 is 52.8. The van der Waals surface area contributed by atoms with E-state index in [1.807, 2.05) is 0 Å². The molecule has 146 heavy (non-hydrogen) atoms. The van der Waals surface area contributed by atoms with E-state index in [2.05, 4.69) is 529 Å². The molecule has 8 aromatic carbocycles. The molecule has 16 rings (SSSR count). The predicted octanol–water partition coefficient (Wildman–Crippen LogP) is 40.2. The maximum absolute atomic E-state index is 6.90. The van der Waals surface area contributed by atoms with Crippen molar-refractivity contribution in [3.63, 3.8) is 0 Å². The normalized spacial score (nSPS) is 17.7. The Morgan fingerprint density at radius 2 is 0.514 bits per heavy atom. The fourth-order valence-electron chi connectivity index (χ4n) is 19.4. The summed E-state index contributed by atoms with van der Waals surface area (Å²) in [4.78, 5) is 0. The van der Waals surface area contributed by atoms with Crippen molar-refractivity contribution in [3.05, 3.63) is 282 Å². The molecule has 8 nitrogen and oxygen atoms in total. The predicted molar refractivity (Wildman–Crippen MR) is 664 cm³/mol. The number of fused-ring (bicyclic) bond motifs is 8. The van der Waals surface area contributed by atoms with Gasteiger partial charge in [0.2, 0.25) is 49.9 Å². The van der Waals surface area contributed by atoms with Crippen molar-refractivity contribution in [2.45, 2.75) is 412 Å². The lowest BCUT2D eigenvalue weighted by atomic mass is 9.96. The molecule has 0 bridgehead atoms. The molecule has 0 amide bonds. The minimum Gasteiger partial charge on any atom is -0.543 e. The van der Waals surface area contributed by atoms with E-state index >= 15 is 0 Å². The highest BCUT2D eigenvalue weighted by Crippen LogP contribution is 2.58. The summed E-state index contributed by atoms with van der Waals surface area (Å²) in [5.74, 6) is 8.37. The van der Waals surface area contributed by atoms with Crippen molar-refractivity contribution in [1.82, 2.24) is 0 Å². The molecule has 0 fully saturated rings. The fraction of sp³-hybridized carbons (Fsp3) is 0.500. The first-order valence-corrected chi connectivity index (χ1v) is 84.3. The second-order valence-electron chi connectivity index (χ2n) is 56.9. The molecule has 4 unspecified atom stereocenters. The van der Waals surface area contributed by atoms with Crippen LogP contribution in [0.1, 0.15) is 304 Å². The zero-order valence-electron chi connectivity index (χ0n) is 99.6. The largest absolute Gasteiger partial charge is 0.543 e. The van der Waals surface area contributed by atoms with Crippen LogP contribution < -0.4 is 35.4 Å². The Kier molecular flexibility index (Phi) is 33.6. The van der Waals surface area contributed by atoms with E-state index in [0.29, 0.717) is 22.2 Å². The molecule has 0 N–H and O–H groups in total. The molecule has 0 saturated heterocycles. The van der Waals surface area contributed by atoms with E-state index in [1.165, 1.54) is 111 Å². The molecule has 18 heteroatoms. The Morgan fingerprint density at radius 3 is 0.801 bits per heavy atom. The van der Waals surface area contributed by atoms with Crippen molar-refractivity contribution in [2.75, 3.05) is 0 Å². The Morgan fingerprint density at radius 1 is 0.253 bits per heavy atom. The number of hydrogen-bond donors (Lipinski definition) is 0. The van der Waals surface area contributed by atoms with Gasteiger partial charge in [-0.15, -0.1) is 0 Å². The summed E-state index contributed by atoms with van der Waals surface area (Å²) in [5, 5.41) is 1.64. The lowest BCUT2D eigenvalue weighted by Crippen LogP contribution is -2.44. The minimum atomic E-state index is -1.94. The van der Waals surface area contributed by atoms with E-state index in [0.717, 1.165) is 84.5 Å². The van der Waals surface area contributed by atoms with Gasteiger partial charge in [-0.25, -0.2) is 0 Å². The summed E-state index contributed by atoms with van der Waals surface area (Å²) in [7, 11) is -18.3. The second kappa shape index (κ2) is 42.0. The molecule has 8 aliphatic carbocycles. The summed E-state index contributed by atoms with van der Waals surface area (Å²) in [6, 6.07) is 53.7. The van der Waals surface area contributed by atoms with Gasteiger partial charge in [0, 0.05) is 22.2 Å².